The Morgan fingerprint density at radius 2 is 1.59 bits per heavy atom. The summed E-state index contributed by atoms with van der Waals surface area (Å²) in [5, 5.41) is 37.3. The van der Waals surface area contributed by atoms with Crippen LogP contribution in [-0.2, 0) is 19.2 Å². The van der Waals surface area contributed by atoms with E-state index in [-0.39, 0.29) is 0 Å². The second-order valence-corrected chi connectivity index (χ2v) is 5.79. The minimum atomic E-state index is -1.82. The summed E-state index contributed by atoms with van der Waals surface area (Å²) in [6.45, 7) is 4.24. The van der Waals surface area contributed by atoms with Gasteiger partial charge in [-0.2, -0.15) is 0 Å². The van der Waals surface area contributed by atoms with E-state index in [2.05, 4.69) is 17.6 Å². The predicted octanol–water partition coefficient (Wildman–Crippen LogP) is 1.12. The molecular weight excluding hydrogens is 384 g/mol. The van der Waals surface area contributed by atoms with Crippen LogP contribution in [-0.4, -0.2) is 63.4 Å². The molecule has 10 nitrogen and oxygen atoms in total. The highest BCUT2D eigenvalue weighted by atomic mass is 35.5. The van der Waals surface area contributed by atoms with Crippen molar-refractivity contribution in [2.24, 2.45) is 0 Å². The molecule has 1 heterocycles. The summed E-state index contributed by atoms with van der Waals surface area (Å²) in [5.41, 5.74) is 2.40. The summed E-state index contributed by atoms with van der Waals surface area (Å²) in [7, 11) is 0. The molecule has 0 aliphatic carbocycles. The molecule has 0 spiro atoms. The molecule has 1 aliphatic heterocycles. The summed E-state index contributed by atoms with van der Waals surface area (Å²) in [6.07, 6.45) is 2.56. The minimum Gasteiger partial charge on any atom is -0.473 e. The first-order chi connectivity index (χ1) is 12.5. The Labute approximate surface area is 159 Å². The standard InChI is InChI=1S/C12H17ClN2.2C2H2O4/c1-9-4-5-10(13)7-12(9)15-8-11-3-2-6-14-11;2*3-1(4)2(5)6/h4-5,7,11,14-15H,2-3,6,8H2,1H3;2*(H,3,4)(H,5,6). The first kappa shape index (κ1) is 24.1. The number of benzene rings is 1. The van der Waals surface area contributed by atoms with Crippen LogP contribution in [0.3, 0.4) is 0 Å². The van der Waals surface area contributed by atoms with Crippen LogP contribution in [0.1, 0.15) is 18.4 Å². The molecule has 150 valence electrons. The molecule has 1 aromatic rings. The van der Waals surface area contributed by atoms with Crippen molar-refractivity contribution in [3.63, 3.8) is 0 Å². The number of carboxylic acids is 4. The molecule has 2 rings (SSSR count). The highest BCUT2D eigenvalue weighted by Crippen LogP contribution is 2.20. The van der Waals surface area contributed by atoms with Crippen LogP contribution in [0.15, 0.2) is 18.2 Å². The molecule has 1 aromatic carbocycles. The third-order valence-electron chi connectivity index (χ3n) is 3.27. The summed E-state index contributed by atoms with van der Waals surface area (Å²) in [6, 6.07) is 6.58. The Morgan fingerprint density at radius 1 is 1.07 bits per heavy atom. The second-order valence-electron chi connectivity index (χ2n) is 5.35. The second kappa shape index (κ2) is 12.5. The number of hydrogen-bond acceptors (Lipinski definition) is 6. The lowest BCUT2D eigenvalue weighted by Crippen LogP contribution is -2.29. The van der Waals surface area contributed by atoms with Crippen LogP contribution in [0.2, 0.25) is 5.02 Å². The smallest absolute Gasteiger partial charge is 0.414 e. The van der Waals surface area contributed by atoms with E-state index in [1.54, 1.807) is 0 Å². The maximum Gasteiger partial charge on any atom is 0.414 e. The molecule has 1 aliphatic rings. The van der Waals surface area contributed by atoms with Gasteiger partial charge in [-0.1, -0.05) is 17.7 Å². The number of carboxylic acid groups (broad SMARTS) is 4. The van der Waals surface area contributed by atoms with Gasteiger partial charge in [0.1, 0.15) is 0 Å². The summed E-state index contributed by atoms with van der Waals surface area (Å²) in [5.74, 6) is -7.30. The van der Waals surface area contributed by atoms with Gasteiger partial charge in [0, 0.05) is 23.3 Å². The number of halogens is 1. The summed E-state index contributed by atoms with van der Waals surface area (Å²) >= 11 is 5.96. The molecule has 0 aromatic heterocycles. The van der Waals surface area contributed by atoms with E-state index in [1.165, 1.54) is 18.4 Å². The van der Waals surface area contributed by atoms with Crippen LogP contribution in [0.25, 0.3) is 0 Å². The van der Waals surface area contributed by atoms with Crippen LogP contribution >= 0.6 is 11.6 Å². The number of carbonyl (C=O) groups is 4. The van der Waals surface area contributed by atoms with Crippen molar-refractivity contribution in [2.45, 2.75) is 25.8 Å². The van der Waals surface area contributed by atoms with Gasteiger partial charge in [-0.25, -0.2) is 19.2 Å². The Morgan fingerprint density at radius 3 is 2.00 bits per heavy atom. The quantitative estimate of drug-likeness (QED) is 0.400. The molecule has 27 heavy (non-hydrogen) atoms. The summed E-state index contributed by atoms with van der Waals surface area (Å²) < 4.78 is 0. The Bertz CT molecular complexity index is 626. The Balaban J connectivity index is 0.000000470. The molecule has 0 bridgehead atoms. The SMILES string of the molecule is Cc1ccc(Cl)cc1NCC1CCCN1.O=C(O)C(=O)O.O=C(O)C(=O)O. The maximum absolute atomic E-state index is 9.10. The molecule has 0 amide bonds. The topological polar surface area (TPSA) is 173 Å². The third-order valence-corrected chi connectivity index (χ3v) is 3.50. The van der Waals surface area contributed by atoms with Gasteiger partial charge < -0.3 is 31.1 Å². The van der Waals surface area contributed by atoms with E-state index in [1.807, 2.05) is 18.2 Å². The van der Waals surface area contributed by atoms with Crippen LogP contribution in [0.4, 0.5) is 5.69 Å². The third kappa shape index (κ3) is 11.4. The minimum absolute atomic E-state index is 0.614. The molecule has 0 radical (unpaired) electrons. The van der Waals surface area contributed by atoms with Crippen molar-refractivity contribution in [3.05, 3.63) is 28.8 Å². The van der Waals surface area contributed by atoms with Crippen LogP contribution in [0, 0.1) is 6.92 Å². The van der Waals surface area contributed by atoms with Gasteiger partial charge in [-0.05, 0) is 44.0 Å². The first-order valence-electron chi connectivity index (χ1n) is 7.70. The fraction of sp³-hybridized carbons (Fsp3) is 0.375. The van der Waals surface area contributed by atoms with E-state index in [0.717, 1.165) is 23.8 Å². The van der Waals surface area contributed by atoms with E-state index in [0.29, 0.717) is 6.04 Å². The molecule has 11 heteroatoms. The number of aliphatic carboxylic acids is 4. The van der Waals surface area contributed by atoms with Gasteiger partial charge in [0.2, 0.25) is 0 Å². The molecule has 1 atom stereocenters. The lowest BCUT2D eigenvalue weighted by Gasteiger charge is -2.14. The number of aryl methyl sites for hydroxylation is 1. The highest BCUT2D eigenvalue weighted by Gasteiger charge is 2.13. The first-order valence-corrected chi connectivity index (χ1v) is 8.08. The maximum atomic E-state index is 9.10. The van der Waals surface area contributed by atoms with E-state index in [4.69, 9.17) is 51.2 Å². The lowest BCUT2D eigenvalue weighted by atomic mass is 10.2. The monoisotopic (exact) mass is 404 g/mol. The highest BCUT2D eigenvalue weighted by molar-refractivity contribution is 6.30. The fourth-order valence-electron chi connectivity index (χ4n) is 1.95. The largest absolute Gasteiger partial charge is 0.473 e. The van der Waals surface area contributed by atoms with Crippen molar-refractivity contribution in [1.29, 1.82) is 0 Å². The molecule has 1 fully saturated rings. The average molecular weight is 405 g/mol. The van der Waals surface area contributed by atoms with Crippen molar-refractivity contribution in [1.82, 2.24) is 5.32 Å². The van der Waals surface area contributed by atoms with Gasteiger partial charge >= 0.3 is 23.9 Å². The molecule has 0 saturated carbocycles. The van der Waals surface area contributed by atoms with Gasteiger partial charge in [0.05, 0.1) is 0 Å². The van der Waals surface area contributed by atoms with Crippen molar-refractivity contribution < 1.29 is 39.6 Å². The van der Waals surface area contributed by atoms with Crippen LogP contribution < -0.4 is 10.6 Å². The van der Waals surface area contributed by atoms with E-state index in [9.17, 15) is 0 Å². The molecule has 6 N–H and O–H groups in total. The number of hydrogen-bond donors (Lipinski definition) is 6. The summed E-state index contributed by atoms with van der Waals surface area (Å²) in [4.78, 5) is 36.4. The van der Waals surface area contributed by atoms with E-state index < -0.39 is 23.9 Å². The lowest BCUT2D eigenvalue weighted by molar-refractivity contribution is -0.159. The number of anilines is 1. The number of nitrogens with one attached hydrogen (secondary N) is 2. The average Bonchev–Trinajstić information content (AvgIpc) is 3.10. The Kier molecular flexibility index (Phi) is 11.2. The van der Waals surface area contributed by atoms with Gasteiger partial charge in [-0.3, -0.25) is 0 Å². The predicted molar refractivity (Wildman–Crippen MR) is 96.2 cm³/mol. The zero-order chi connectivity index (χ0) is 21.0. The molecule has 1 saturated heterocycles. The molecular formula is C16H21ClN2O8. The van der Waals surface area contributed by atoms with Crippen LogP contribution in [0.5, 0.6) is 0 Å². The zero-order valence-corrected chi connectivity index (χ0v) is 15.2. The Hall–Kier alpha value is -2.85. The van der Waals surface area contributed by atoms with Crippen molar-refractivity contribution >= 4 is 41.2 Å². The normalized spacial score (nSPS) is 14.7. The van der Waals surface area contributed by atoms with Crippen molar-refractivity contribution in [2.75, 3.05) is 18.4 Å². The zero-order valence-electron chi connectivity index (χ0n) is 14.4. The van der Waals surface area contributed by atoms with Gasteiger partial charge in [0.25, 0.3) is 0 Å². The van der Waals surface area contributed by atoms with Crippen molar-refractivity contribution in [3.8, 4) is 0 Å². The molecule has 1 unspecified atom stereocenters. The van der Waals surface area contributed by atoms with Gasteiger partial charge in [0.15, 0.2) is 0 Å². The van der Waals surface area contributed by atoms with Gasteiger partial charge in [-0.15, -0.1) is 0 Å². The van der Waals surface area contributed by atoms with E-state index >= 15 is 0 Å². The number of rotatable bonds is 3. The fourth-order valence-corrected chi connectivity index (χ4v) is 2.12.